The van der Waals surface area contributed by atoms with Gasteiger partial charge in [-0.15, -0.1) is 0 Å². The summed E-state index contributed by atoms with van der Waals surface area (Å²) < 4.78 is 18.7. The molecule has 1 aliphatic rings. The predicted octanol–water partition coefficient (Wildman–Crippen LogP) is 2.89. The molecule has 1 fully saturated rings. The van der Waals surface area contributed by atoms with Crippen molar-refractivity contribution in [2.45, 2.75) is 25.5 Å². The normalized spacial score (nSPS) is 16.8. The Balaban J connectivity index is 1.55. The third-order valence-electron chi connectivity index (χ3n) is 4.06. The summed E-state index contributed by atoms with van der Waals surface area (Å²) in [4.78, 5) is 12.2. The second-order valence-corrected chi connectivity index (χ2v) is 5.95. The Kier molecular flexibility index (Phi) is 5.43. The van der Waals surface area contributed by atoms with Crippen LogP contribution in [0, 0.1) is 5.82 Å². The highest BCUT2D eigenvalue weighted by molar-refractivity contribution is 5.94. The fourth-order valence-corrected chi connectivity index (χ4v) is 2.77. The lowest BCUT2D eigenvalue weighted by atomic mass is 10.1. The summed E-state index contributed by atoms with van der Waals surface area (Å²) in [6.45, 7) is 1.95. The molecule has 2 aromatic carbocycles. The fourth-order valence-electron chi connectivity index (χ4n) is 2.77. The number of hydrogen-bond acceptors (Lipinski definition) is 3. The van der Waals surface area contributed by atoms with Gasteiger partial charge >= 0.3 is 0 Å². The molecule has 3 rings (SSSR count). The van der Waals surface area contributed by atoms with Gasteiger partial charge in [0.25, 0.3) is 5.91 Å². The Hall–Kier alpha value is -2.40. The molecule has 1 atom stereocenters. The minimum atomic E-state index is -0.332. The maximum absolute atomic E-state index is 13.1. The van der Waals surface area contributed by atoms with Crippen LogP contribution in [0.4, 0.5) is 4.39 Å². The lowest BCUT2D eigenvalue weighted by Crippen LogP contribution is -2.37. The molecule has 0 bridgehead atoms. The molecule has 1 heterocycles. The summed E-state index contributed by atoms with van der Waals surface area (Å²) in [6.07, 6.45) is 2.26. The van der Waals surface area contributed by atoms with Gasteiger partial charge < -0.3 is 15.4 Å². The Labute approximate surface area is 141 Å². The molecule has 2 aromatic rings. The van der Waals surface area contributed by atoms with Crippen molar-refractivity contribution in [3.8, 4) is 5.75 Å². The van der Waals surface area contributed by atoms with Gasteiger partial charge in [0.05, 0.1) is 0 Å². The van der Waals surface area contributed by atoms with Crippen LogP contribution >= 0.6 is 0 Å². The van der Waals surface area contributed by atoms with Crippen molar-refractivity contribution in [1.29, 1.82) is 0 Å². The molecule has 126 valence electrons. The molecular formula is C19H21FN2O2. The van der Waals surface area contributed by atoms with Crippen LogP contribution in [0.25, 0.3) is 0 Å². The van der Waals surface area contributed by atoms with Gasteiger partial charge in [-0.05, 0) is 49.2 Å². The standard InChI is InChI=1S/C19H21FN2O2/c20-16-6-2-8-18(11-16)24-13-14-4-1-5-15(10-14)19(23)22-12-17-7-3-9-21-17/h1-2,4-6,8,10-11,17,21H,3,7,9,12-13H2,(H,22,23). The molecule has 5 heteroatoms. The van der Waals surface area contributed by atoms with Gasteiger partial charge in [0, 0.05) is 24.2 Å². The summed E-state index contributed by atoms with van der Waals surface area (Å²) in [7, 11) is 0. The molecule has 0 aromatic heterocycles. The van der Waals surface area contributed by atoms with Crippen molar-refractivity contribution in [3.63, 3.8) is 0 Å². The summed E-state index contributed by atoms with van der Waals surface area (Å²) in [5.41, 5.74) is 1.47. The molecule has 24 heavy (non-hydrogen) atoms. The number of halogens is 1. The quantitative estimate of drug-likeness (QED) is 0.857. The second kappa shape index (κ2) is 7.93. The van der Waals surface area contributed by atoms with Gasteiger partial charge in [-0.1, -0.05) is 18.2 Å². The number of carbonyl (C=O) groups excluding carboxylic acids is 1. The largest absolute Gasteiger partial charge is 0.489 e. The van der Waals surface area contributed by atoms with Crippen LogP contribution in [0.5, 0.6) is 5.75 Å². The lowest BCUT2D eigenvalue weighted by molar-refractivity contribution is 0.0950. The first-order valence-electron chi connectivity index (χ1n) is 8.19. The van der Waals surface area contributed by atoms with Crippen LogP contribution in [-0.4, -0.2) is 25.0 Å². The Morgan fingerprint density at radius 2 is 2.12 bits per heavy atom. The van der Waals surface area contributed by atoms with Crippen molar-refractivity contribution in [3.05, 3.63) is 65.5 Å². The van der Waals surface area contributed by atoms with E-state index in [-0.39, 0.29) is 18.3 Å². The van der Waals surface area contributed by atoms with Gasteiger partial charge in [0.1, 0.15) is 18.2 Å². The molecule has 0 aliphatic carbocycles. The predicted molar refractivity (Wildman–Crippen MR) is 90.5 cm³/mol. The summed E-state index contributed by atoms with van der Waals surface area (Å²) in [5, 5.41) is 6.31. The monoisotopic (exact) mass is 328 g/mol. The van der Waals surface area contributed by atoms with Crippen molar-refractivity contribution in [2.24, 2.45) is 0 Å². The average molecular weight is 328 g/mol. The van der Waals surface area contributed by atoms with E-state index in [1.165, 1.54) is 12.1 Å². The zero-order chi connectivity index (χ0) is 16.8. The first kappa shape index (κ1) is 16.5. The topological polar surface area (TPSA) is 50.4 Å². The number of hydrogen-bond donors (Lipinski definition) is 2. The zero-order valence-electron chi connectivity index (χ0n) is 13.4. The van der Waals surface area contributed by atoms with Gasteiger partial charge in [0.15, 0.2) is 0 Å². The van der Waals surface area contributed by atoms with Crippen molar-refractivity contribution < 1.29 is 13.9 Å². The van der Waals surface area contributed by atoms with E-state index in [4.69, 9.17) is 4.74 Å². The fraction of sp³-hybridized carbons (Fsp3) is 0.316. The highest BCUT2D eigenvalue weighted by atomic mass is 19.1. The number of benzene rings is 2. The average Bonchev–Trinajstić information content (AvgIpc) is 3.12. The maximum Gasteiger partial charge on any atom is 0.251 e. The third-order valence-corrected chi connectivity index (χ3v) is 4.06. The van der Waals surface area contributed by atoms with Gasteiger partial charge in [-0.2, -0.15) is 0 Å². The Morgan fingerprint density at radius 3 is 2.92 bits per heavy atom. The van der Waals surface area contributed by atoms with E-state index in [0.717, 1.165) is 24.9 Å². The molecule has 1 saturated heterocycles. The van der Waals surface area contributed by atoms with Gasteiger partial charge in [-0.25, -0.2) is 4.39 Å². The first-order valence-corrected chi connectivity index (χ1v) is 8.19. The van der Waals surface area contributed by atoms with Gasteiger partial charge in [-0.3, -0.25) is 4.79 Å². The first-order chi connectivity index (χ1) is 11.7. The summed E-state index contributed by atoms with van der Waals surface area (Å²) >= 11 is 0. The minimum Gasteiger partial charge on any atom is -0.489 e. The lowest BCUT2D eigenvalue weighted by Gasteiger charge is -2.12. The maximum atomic E-state index is 13.1. The molecule has 4 nitrogen and oxygen atoms in total. The van der Waals surface area contributed by atoms with E-state index in [1.54, 1.807) is 24.3 Å². The van der Waals surface area contributed by atoms with Crippen LogP contribution in [-0.2, 0) is 6.61 Å². The van der Waals surface area contributed by atoms with E-state index in [9.17, 15) is 9.18 Å². The number of carbonyl (C=O) groups is 1. The van der Waals surface area contributed by atoms with E-state index in [2.05, 4.69) is 10.6 Å². The van der Waals surface area contributed by atoms with E-state index in [0.29, 0.717) is 23.9 Å². The molecular weight excluding hydrogens is 307 g/mol. The molecule has 1 amide bonds. The van der Waals surface area contributed by atoms with E-state index >= 15 is 0 Å². The van der Waals surface area contributed by atoms with Crippen molar-refractivity contribution in [2.75, 3.05) is 13.1 Å². The van der Waals surface area contributed by atoms with Crippen LogP contribution in [0.15, 0.2) is 48.5 Å². The molecule has 1 aliphatic heterocycles. The second-order valence-electron chi connectivity index (χ2n) is 5.95. The van der Waals surface area contributed by atoms with E-state index in [1.807, 2.05) is 12.1 Å². The number of nitrogens with one attached hydrogen (secondary N) is 2. The Morgan fingerprint density at radius 1 is 1.25 bits per heavy atom. The van der Waals surface area contributed by atoms with E-state index < -0.39 is 0 Å². The third kappa shape index (κ3) is 4.55. The number of ether oxygens (including phenoxy) is 1. The highest BCUT2D eigenvalue weighted by Gasteiger charge is 2.15. The zero-order valence-corrected chi connectivity index (χ0v) is 13.4. The number of rotatable bonds is 6. The van der Waals surface area contributed by atoms with Gasteiger partial charge in [0.2, 0.25) is 0 Å². The molecule has 1 unspecified atom stereocenters. The van der Waals surface area contributed by atoms with Crippen molar-refractivity contribution in [1.82, 2.24) is 10.6 Å². The molecule has 0 saturated carbocycles. The molecule has 0 radical (unpaired) electrons. The van der Waals surface area contributed by atoms with Crippen molar-refractivity contribution >= 4 is 5.91 Å². The Bertz CT molecular complexity index is 699. The minimum absolute atomic E-state index is 0.0868. The smallest absolute Gasteiger partial charge is 0.251 e. The summed E-state index contributed by atoms with van der Waals surface area (Å²) in [6, 6.07) is 13.7. The highest BCUT2D eigenvalue weighted by Crippen LogP contribution is 2.15. The van der Waals surface area contributed by atoms with Crippen LogP contribution < -0.4 is 15.4 Å². The van der Waals surface area contributed by atoms with Crippen LogP contribution in [0.3, 0.4) is 0 Å². The SMILES string of the molecule is O=C(NCC1CCCN1)c1cccc(COc2cccc(F)c2)c1. The van der Waals surface area contributed by atoms with Crippen LogP contribution in [0.2, 0.25) is 0 Å². The summed E-state index contributed by atoms with van der Waals surface area (Å²) in [5.74, 6) is 0.0506. The molecule has 2 N–H and O–H groups in total. The van der Waals surface area contributed by atoms with Crippen LogP contribution in [0.1, 0.15) is 28.8 Å². The number of amides is 1. The molecule has 0 spiro atoms.